The molecule has 0 bridgehead atoms. The summed E-state index contributed by atoms with van der Waals surface area (Å²) in [6.45, 7) is 10.9. The molecule has 1 aromatic rings. The summed E-state index contributed by atoms with van der Waals surface area (Å²) in [6, 6.07) is 5.82. The van der Waals surface area contributed by atoms with E-state index >= 15 is 0 Å². The molecule has 6 nitrogen and oxygen atoms in total. The number of anilines is 2. The number of nitro benzene ring substituents is 1. The summed E-state index contributed by atoms with van der Waals surface area (Å²) in [5, 5.41) is 14.3. The standard InChI is InChI=1S/C15H24N4O2/c1-4-16-13-9-14(11-15(10-13)19(20)21)18-7-5-17(6-8-18)12(2)3/h9-12,16H,4-8H2,1-3H3. The molecule has 1 aliphatic heterocycles. The molecule has 116 valence electrons. The van der Waals surface area contributed by atoms with Gasteiger partial charge in [-0.15, -0.1) is 0 Å². The Bertz CT molecular complexity index is 496. The second kappa shape index (κ2) is 6.76. The van der Waals surface area contributed by atoms with E-state index in [1.165, 1.54) is 0 Å². The van der Waals surface area contributed by atoms with Crippen molar-refractivity contribution in [2.75, 3.05) is 42.9 Å². The number of rotatable bonds is 5. The molecule has 21 heavy (non-hydrogen) atoms. The van der Waals surface area contributed by atoms with Crippen LogP contribution in [0.3, 0.4) is 0 Å². The van der Waals surface area contributed by atoms with Gasteiger partial charge in [0.15, 0.2) is 0 Å². The zero-order valence-corrected chi connectivity index (χ0v) is 13.0. The second-order valence-corrected chi connectivity index (χ2v) is 5.64. The Kier molecular flexibility index (Phi) is 5.01. The highest BCUT2D eigenvalue weighted by Gasteiger charge is 2.21. The van der Waals surface area contributed by atoms with Gasteiger partial charge in [0.25, 0.3) is 5.69 Å². The fourth-order valence-electron chi connectivity index (χ4n) is 2.69. The van der Waals surface area contributed by atoms with E-state index in [-0.39, 0.29) is 10.6 Å². The maximum atomic E-state index is 11.1. The lowest BCUT2D eigenvalue weighted by molar-refractivity contribution is -0.384. The molecule has 1 aromatic carbocycles. The topological polar surface area (TPSA) is 61.6 Å². The third-order valence-electron chi connectivity index (χ3n) is 3.90. The van der Waals surface area contributed by atoms with Crippen molar-refractivity contribution < 1.29 is 4.92 Å². The SMILES string of the molecule is CCNc1cc(N2CCN(C(C)C)CC2)cc([N+](=O)[O-])c1. The lowest BCUT2D eigenvalue weighted by Gasteiger charge is -2.38. The van der Waals surface area contributed by atoms with Crippen LogP contribution in [0.2, 0.25) is 0 Å². The Morgan fingerprint density at radius 2 is 1.90 bits per heavy atom. The third-order valence-corrected chi connectivity index (χ3v) is 3.90. The molecule has 0 amide bonds. The van der Waals surface area contributed by atoms with Gasteiger partial charge in [-0.2, -0.15) is 0 Å². The molecule has 0 aliphatic carbocycles. The largest absolute Gasteiger partial charge is 0.385 e. The van der Waals surface area contributed by atoms with Crippen molar-refractivity contribution in [3.63, 3.8) is 0 Å². The zero-order chi connectivity index (χ0) is 15.4. The molecule has 6 heteroatoms. The van der Waals surface area contributed by atoms with Crippen LogP contribution in [-0.2, 0) is 0 Å². The maximum absolute atomic E-state index is 11.1. The van der Waals surface area contributed by atoms with Crippen LogP contribution in [0.5, 0.6) is 0 Å². The van der Waals surface area contributed by atoms with Gasteiger partial charge in [-0.25, -0.2) is 0 Å². The molecule has 2 rings (SSSR count). The number of hydrogen-bond donors (Lipinski definition) is 1. The van der Waals surface area contributed by atoms with Crippen LogP contribution >= 0.6 is 0 Å². The van der Waals surface area contributed by atoms with Crippen molar-refractivity contribution in [2.45, 2.75) is 26.8 Å². The van der Waals surface area contributed by atoms with Crippen molar-refractivity contribution in [1.82, 2.24) is 4.90 Å². The van der Waals surface area contributed by atoms with E-state index < -0.39 is 0 Å². The molecule has 0 radical (unpaired) electrons. The van der Waals surface area contributed by atoms with Crippen LogP contribution < -0.4 is 10.2 Å². The summed E-state index contributed by atoms with van der Waals surface area (Å²) >= 11 is 0. The van der Waals surface area contributed by atoms with Gasteiger partial charge in [0.1, 0.15) is 0 Å². The van der Waals surface area contributed by atoms with Gasteiger partial charge in [0.05, 0.1) is 4.92 Å². The van der Waals surface area contributed by atoms with Crippen LogP contribution in [0.4, 0.5) is 17.1 Å². The molecule has 0 saturated carbocycles. The van der Waals surface area contributed by atoms with Gasteiger partial charge in [-0.1, -0.05) is 0 Å². The molecule has 1 fully saturated rings. The third kappa shape index (κ3) is 3.85. The maximum Gasteiger partial charge on any atom is 0.273 e. The van der Waals surface area contributed by atoms with Gasteiger partial charge < -0.3 is 10.2 Å². The molecule has 1 heterocycles. The molecule has 1 aliphatic rings. The Morgan fingerprint density at radius 1 is 1.24 bits per heavy atom. The summed E-state index contributed by atoms with van der Waals surface area (Å²) in [4.78, 5) is 15.4. The number of non-ortho nitro benzene ring substituents is 1. The first kappa shape index (κ1) is 15.6. The van der Waals surface area contributed by atoms with E-state index in [0.29, 0.717) is 6.04 Å². The minimum absolute atomic E-state index is 0.148. The second-order valence-electron chi connectivity index (χ2n) is 5.64. The Morgan fingerprint density at radius 3 is 2.43 bits per heavy atom. The van der Waals surface area contributed by atoms with E-state index in [2.05, 4.69) is 29.0 Å². The first-order chi connectivity index (χ1) is 10.0. The van der Waals surface area contributed by atoms with Crippen molar-refractivity contribution in [3.05, 3.63) is 28.3 Å². The van der Waals surface area contributed by atoms with E-state index in [4.69, 9.17) is 0 Å². The summed E-state index contributed by atoms with van der Waals surface area (Å²) in [5.41, 5.74) is 1.89. The first-order valence-corrected chi connectivity index (χ1v) is 7.53. The summed E-state index contributed by atoms with van der Waals surface area (Å²) < 4.78 is 0. The van der Waals surface area contributed by atoms with Gasteiger partial charge >= 0.3 is 0 Å². The number of benzene rings is 1. The molecule has 1 N–H and O–H groups in total. The average molecular weight is 292 g/mol. The zero-order valence-electron chi connectivity index (χ0n) is 13.0. The highest BCUT2D eigenvalue weighted by molar-refractivity contribution is 5.64. The van der Waals surface area contributed by atoms with Crippen molar-refractivity contribution in [3.8, 4) is 0 Å². The Labute approximate surface area is 125 Å². The van der Waals surface area contributed by atoms with E-state index in [1.807, 2.05) is 13.0 Å². The van der Waals surface area contributed by atoms with Gasteiger partial charge in [-0.05, 0) is 26.8 Å². The molecule has 1 saturated heterocycles. The first-order valence-electron chi connectivity index (χ1n) is 7.53. The van der Waals surface area contributed by atoms with Crippen molar-refractivity contribution in [2.24, 2.45) is 0 Å². The lowest BCUT2D eigenvalue weighted by Crippen LogP contribution is -2.48. The van der Waals surface area contributed by atoms with Crippen LogP contribution in [0, 0.1) is 10.1 Å². The van der Waals surface area contributed by atoms with E-state index in [0.717, 1.165) is 44.1 Å². The molecule has 0 atom stereocenters. The van der Waals surface area contributed by atoms with Gasteiger partial charge in [0.2, 0.25) is 0 Å². The van der Waals surface area contributed by atoms with Crippen LogP contribution in [0.25, 0.3) is 0 Å². The smallest absolute Gasteiger partial charge is 0.273 e. The number of nitrogens with one attached hydrogen (secondary N) is 1. The van der Waals surface area contributed by atoms with Crippen LogP contribution in [0.1, 0.15) is 20.8 Å². The molecule has 0 aromatic heterocycles. The van der Waals surface area contributed by atoms with Crippen molar-refractivity contribution in [1.29, 1.82) is 0 Å². The quantitative estimate of drug-likeness (QED) is 0.667. The number of hydrogen-bond acceptors (Lipinski definition) is 5. The van der Waals surface area contributed by atoms with Crippen LogP contribution in [-0.4, -0.2) is 48.6 Å². The lowest BCUT2D eigenvalue weighted by atomic mass is 10.2. The molecule has 0 unspecified atom stereocenters. The number of nitrogens with zero attached hydrogens (tertiary/aromatic N) is 3. The van der Waals surface area contributed by atoms with Gasteiger partial charge in [0, 0.05) is 62.3 Å². The fraction of sp³-hybridized carbons (Fsp3) is 0.600. The monoisotopic (exact) mass is 292 g/mol. The summed E-state index contributed by atoms with van der Waals surface area (Å²) in [6.07, 6.45) is 0. The predicted molar refractivity (Wildman–Crippen MR) is 86.2 cm³/mol. The number of nitro groups is 1. The molecule has 0 spiro atoms. The highest BCUT2D eigenvalue weighted by atomic mass is 16.6. The summed E-state index contributed by atoms with van der Waals surface area (Å²) in [5.74, 6) is 0. The predicted octanol–water partition coefficient (Wildman–Crippen LogP) is 2.56. The normalized spacial score (nSPS) is 16.3. The molecular formula is C15H24N4O2. The van der Waals surface area contributed by atoms with Crippen LogP contribution in [0.15, 0.2) is 18.2 Å². The minimum atomic E-state index is -0.325. The van der Waals surface area contributed by atoms with Gasteiger partial charge in [-0.3, -0.25) is 15.0 Å². The number of piperazine rings is 1. The highest BCUT2D eigenvalue weighted by Crippen LogP contribution is 2.28. The molecular weight excluding hydrogens is 268 g/mol. The summed E-state index contributed by atoms with van der Waals surface area (Å²) in [7, 11) is 0. The average Bonchev–Trinajstić information content (AvgIpc) is 2.47. The fourth-order valence-corrected chi connectivity index (χ4v) is 2.69. The van der Waals surface area contributed by atoms with E-state index in [9.17, 15) is 10.1 Å². The minimum Gasteiger partial charge on any atom is -0.385 e. The van der Waals surface area contributed by atoms with E-state index in [1.54, 1.807) is 12.1 Å². The van der Waals surface area contributed by atoms with Crippen molar-refractivity contribution >= 4 is 17.1 Å². The Hall–Kier alpha value is -1.82. The Balaban J connectivity index is 2.17.